The molecule has 14 heteroatoms. The van der Waals surface area contributed by atoms with Crippen LogP contribution in [0.5, 0.6) is 0 Å². The molecule has 3 aromatic rings. The molecule has 298 valence electrons. The summed E-state index contributed by atoms with van der Waals surface area (Å²) in [7, 11) is 0. The number of amides is 5. The number of carbonyl (C=O) groups excluding carboxylic acids is 5. The molecule has 0 saturated carbocycles. The van der Waals surface area contributed by atoms with Crippen LogP contribution in [-0.4, -0.2) is 75.3 Å². The molecule has 5 amide bonds. The van der Waals surface area contributed by atoms with Gasteiger partial charge in [-0.15, -0.1) is 11.3 Å². The van der Waals surface area contributed by atoms with Crippen LogP contribution in [0.3, 0.4) is 0 Å². The van der Waals surface area contributed by atoms with Crippen LogP contribution in [0, 0.1) is 12.3 Å². The van der Waals surface area contributed by atoms with E-state index in [0.29, 0.717) is 13.0 Å². The van der Waals surface area contributed by atoms with E-state index in [0.717, 1.165) is 52.1 Å². The number of aliphatic hydroxyl groups excluding tert-OH is 1. The maximum Gasteiger partial charge on any atom is 0.246 e. The van der Waals surface area contributed by atoms with Crippen molar-refractivity contribution in [2.45, 2.75) is 123 Å². The number of β-amino-alcohol motifs (C(OH)–C–C–N with tert-alkyl or cyclic N) is 1. The number of nitrogens with one attached hydrogen (secondary N) is 3. The lowest BCUT2D eigenvalue weighted by Crippen LogP contribution is -2.57. The summed E-state index contributed by atoms with van der Waals surface area (Å²) in [6.45, 7) is 9.79. The van der Waals surface area contributed by atoms with Gasteiger partial charge >= 0.3 is 0 Å². The fourth-order valence-corrected chi connectivity index (χ4v) is 7.50. The highest BCUT2D eigenvalue weighted by Gasteiger charge is 2.44. The molecule has 5 atom stereocenters. The molecule has 8 N–H and O–H groups in total. The number of aliphatic hydroxyl groups is 1. The number of thiazole rings is 1. The Morgan fingerprint density at radius 1 is 1.00 bits per heavy atom. The molecular weight excluding hydrogens is 719 g/mol. The van der Waals surface area contributed by atoms with Gasteiger partial charge < -0.3 is 37.4 Å². The molecule has 2 heterocycles. The van der Waals surface area contributed by atoms with Crippen LogP contribution in [0.25, 0.3) is 10.4 Å². The smallest absolute Gasteiger partial charge is 0.246 e. The summed E-state index contributed by atoms with van der Waals surface area (Å²) in [5.41, 5.74) is 17.1. The number of primary amides is 1. The number of nitrogens with zero attached hydrogens (tertiary/aromatic N) is 2. The molecule has 0 radical (unpaired) electrons. The van der Waals surface area contributed by atoms with Crippen LogP contribution in [0.1, 0.15) is 101 Å². The van der Waals surface area contributed by atoms with Crippen LogP contribution < -0.4 is 27.4 Å². The SMILES string of the molecule is Cc1ncsc1-c1ccc([C@H](C)NC(=O)[C@@H]2C[C@@H](O)CN2C(=O)[C@@H](NC(=O)CCCCCc2cccc(CNC(=O)[C@@H](N)CCC(N)=O)c2)C(C)(C)C)cc1. The molecule has 0 unspecified atom stereocenters. The zero-order chi connectivity index (χ0) is 40.3. The lowest BCUT2D eigenvalue weighted by molar-refractivity contribution is -0.144. The number of aryl methyl sites for hydroxylation is 2. The minimum Gasteiger partial charge on any atom is -0.391 e. The Hall–Kier alpha value is -4.66. The van der Waals surface area contributed by atoms with Gasteiger partial charge in [-0.05, 0) is 67.2 Å². The Kier molecular flexibility index (Phi) is 15.5. The molecular formula is C41H57N7O6S. The Morgan fingerprint density at radius 2 is 1.71 bits per heavy atom. The van der Waals surface area contributed by atoms with Gasteiger partial charge in [-0.2, -0.15) is 0 Å². The second kappa shape index (κ2) is 19.8. The Bertz CT molecular complexity index is 1790. The summed E-state index contributed by atoms with van der Waals surface area (Å²) in [5.74, 6) is -1.82. The van der Waals surface area contributed by atoms with Crippen molar-refractivity contribution >= 4 is 40.9 Å². The topological polar surface area (TPSA) is 210 Å². The minimum absolute atomic E-state index is 0.00865. The van der Waals surface area contributed by atoms with E-state index < -0.39 is 41.5 Å². The number of carbonyl (C=O) groups is 5. The highest BCUT2D eigenvalue weighted by atomic mass is 32.1. The van der Waals surface area contributed by atoms with Crippen LogP contribution in [0.4, 0.5) is 0 Å². The third-order valence-corrected chi connectivity index (χ3v) is 10.9. The van der Waals surface area contributed by atoms with Crippen molar-refractivity contribution in [1.82, 2.24) is 25.8 Å². The zero-order valence-corrected chi connectivity index (χ0v) is 33.4. The Morgan fingerprint density at radius 3 is 2.36 bits per heavy atom. The highest BCUT2D eigenvalue weighted by molar-refractivity contribution is 7.13. The summed E-state index contributed by atoms with van der Waals surface area (Å²) in [4.78, 5) is 70.8. The number of likely N-dealkylation sites (tertiary alicyclic amines) is 1. The number of aromatic nitrogens is 1. The molecule has 55 heavy (non-hydrogen) atoms. The summed E-state index contributed by atoms with van der Waals surface area (Å²) in [5, 5.41) is 19.4. The number of benzene rings is 2. The van der Waals surface area contributed by atoms with Gasteiger partial charge in [-0.3, -0.25) is 24.0 Å². The van der Waals surface area contributed by atoms with E-state index >= 15 is 0 Å². The van der Waals surface area contributed by atoms with E-state index in [1.807, 2.05) is 88.7 Å². The van der Waals surface area contributed by atoms with Crippen molar-refractivity contribution < 1.29 is 29.1 Å². The Balaban J connectivity index is 1.25. The van der Waals surface area contributed by atoms with E-state index in [4.69, 9.17) is 11.5 Å². The lowest BCUT2D eigenvalue weighted by Gasteiger charge is -2.35. The van der Waals surface area contributed by atoms with Gasteiger partial charge in [-0.25, -0.2) is 4.98 Å². The van der Waals surface area contributed by atoms with Crippen molar-refractivity contribution in [1.29, 1.82) is 0 Å². The second-order valence-electron chi connectivity index (χ2n) is 15.6. The van der Waals surface area contributed by atoms with Gasteiger partial charge in [0.2, 0.25) is 29.5 Å². The minimum atomic E-state index is -0.887. The van der Waals surface area contributed by atoms with Gasteiger partial charge in [-0.1, -0.05) is 75.7 Å². The highest BCUT2D eigenvalue weighted by Crippen LogP contribution is 2.29. The average Bonchev–Trinajstić information content (AvgIpc) is 3.76. The first-order valence-corrected chi connectivity index (χ1v) is 19.9. The molecule has 1 aromatic heterocycles. The molecule has 1 fully saturated rings. The standard InChI is InChI=1S/C41H57N7O6S/c1-25(29-14-16-30(17-15-29)36-26(2)45-24-55-36)46-39(53)33-21-31(49)23-48(33)40(54)37(41(3,4)5)47-35(51)13-8-6-7-10-27-11-9-12-28(20-27)22-44-38(52)32(42)18-19-34(43)50/h9,11-12,14-17,20,24-25,31-33,37,49H,6-8,10,13,18-19,21-23,42H2,1-5H3,(H2,43,50)(H,44,52)(H,46,53)(H,47,51)/t25-,31+,32-,33-,37+/m0/s1. The first-order chi connectivity index (χ1) is 26.0. The van der Waals surface area contributed by atoms with Crippen LogP contribution in [-0.2, 0) is 36.9 Å². The van der Waals surface area contributed by atoms with Gasteiger partial charge in [0.05, 0.1) is 34.3 Å². The maximum atomic E-state index is 14.0. The molecule has 1 saturated heterocycles. The zero-order valence-electron chi connectivity index (χ0n) is 32.6. The molecule has 1 aliphatic rings. The molecule has 2 aromatic carbocycles. The quantitative estimate of drug-likeness (QED) is 0.105. The normalized spacial score (nSPS) is 17.3. The molecule has 0 bridgehead atoms. The molecule has 13 nitrogen and oxygen atoms in total. The molecule has 4 rings (SSSR count). The van der Waals surface area contributed by atoms with Crippen LogP contribution >= 0.6 is 11.3 Å². The summed E-state index contributed by atoms with van der Waals surface area (Å²) >= 11 is 1.58. The van der Waals surface area contributed by atoms with Gasteiger partial charge in [0, 0.05) is 32.4 Å². The van der Waals surface area contributed by atoms with Gasteiger partial charge in [0.1, 0.15) is 12.1 Å². The summed E-state index contributed by atoms with van der Waals surface area (Å²) in [6.07, 6.45) is 2.81. The molecule has 0 aliphatic carbocycles. The van der Waals surface area contributed by atoms with Crippen molar-refractivity contribution in [3.8, 4) is 10.4 Å². The second-order valence-corrected chi connectivity index (χ2v) is 16.4. The summed E-state index contributed by atoms with van der Waals surface area (Å²) in [6, 6.07) is 12.9. The predicted octanol–water partition coefficient (Wildman–Crippen LogP) is 3.80. The molecule has 0 spiro atoms. The first kappa shape index (κ1) is 43.1. The van der Waals surface area contributed by atoms with Crippen molar-refractivity contribution in [3.63, 3.8) is 0 Å². The van der Waals surface area contributed by atoms with E-state index in [1.54, 1.807) is 11.3 Å². The van der Waals surface area contributed by atoms with Crippen LogP contribution in [0.15, 0.2) is 54.0 Å². The average molecular weight is 776 g/mol. The van der Waals surface area contributed by atoms with Crippen molar-refractivity contribution in [2.24, 2.45) is 16.9 Å². The number of unbranched alkanes of at least 4 members (excludes halogenated alkanes) is 2. The van der Waals surface area contributed by atoms with E-state index in [2.05, 4.69) is 20.9 Å². The van der Waals surface area contributed by atoms with Crippen molar-refractivity contribution in [2.75, 3.05) is 6.54 Å². The third kappa shape index (κ3) is 12.7. The van der Waals surface area contributed by atoms with E-state index in [-0.39, 0.29) is 56.0 Å². The first-order valence-electron chi connectivity index (χ1n) is 19.0. The number of nitrogens with two attached hydrogens (primary N) is 2. The lowest BCUT2D eigenvalue weighted by atomic mass is 9.85. The van der Waals surface area contributed by atoms with Gasteiger partial charge in [0.15, 0.2) is 0 Å². The number of hydrogen-bond acceptors (Lipinski definition) is 9. The van der Waals surface area contributed by atoms with Crippen LogP contribution in [0.2, 0.25) is 0 Å². The van der Waals surface area contributed by atoms with Gasteiger partial charge in [0.25, 0.3) is 0 Å². The third-order valence-electron chi connectivity index (χ3n) is 9.93. The molecule has 1 aliphatic heterocycles. The number of rotatable bonds is 18. The predicted molar refractivity (Wildman–Crippen MR) is 213 cm³/mol. The van der Waals surface area contributed by atoms with E-state index in [1.165, 1.54) is 4.90 Å². The monoisotopic (exact) mass is 775 g/mol. The Labute approximate surface area is 328 Å². The van der Waals surface area contributed by atoms with E-state index in [9.17, 15) is 29.1 Å². The maximum absolute atomic E-state index is 14.0. The summed E-state index contributed by atoms with van der Waals surface area (Å²) < 4.78 is 0. The van der Waals surface area contributed by atoms with Crippen molar-refractivity contribution in [3.05, 3.63) is 76.4 Å². The number of hydrogen-bond donors (Lipinski definition) is 6. The largest absolute Gasteiger partial charge is 0.391 e. The fraction of sp³-hybridized carbons (Fsp3) is 0.512. The fourth-order valence-electron chi connectivity index (χ4n) is 6.68.